The zero-order valence-electron chi connectivity index (χ0n) is 6.47. The van der Waals surface area contributed by atoms with Gasteiger partial charge in [0.1, 0.15) is 0 Å². The molecule has 3 heteroatoms. The zero-order valence-corrected chi connectivity index (χ0v) is 9.76. The Bertz CT molecular complexity index is 431. The van der Waals surface area contributed by atoms with Crippen molar-refractivity contribution in [2.24, 2.45) is 0 Å². The molecule has 0 spiro atoms. The van der Waals surface area contributed by atoms with Crippen LogP contribution in [-0.2, 0) is 0 Å². The quantitative estimate of drug-likeness (QED) is 0.671. The van der Waals surface area contributed by atoms with E-state index in [0.717, 1.165) is 4.90 Å². The summed E-state index contributed by atoms with van der Waals surface area (Å²) in [7, 11) is 0. The molecule has 1 aromatic heterocycles. The number of rotatable bonds is 0. The third kappa shape index (κ3) is 1.30. The standard InChI is InChI=1S/C9H7BrS2/c1-5-2-6-8(11)4-12-9(6)7(10)3-5/h2-4,11H,1H3. The van der Waals surface area contributed by atoms with Gasteiger partial charge in [0.2, 0.25) is 0 Å². The molecular weight excluding hydrogens is 252 g/mol. The Hall–Kier alpha value is 0.01000. The van der Waals surface area contributed by atoms with Crippen LogP contribution in [0.4, 0.5) is 0 Å². The Balaban J connectivity index is 2.92. The van der Waals surface area contributed by atoms with Crippen LogP contribution in [0.5, 0.6) is 0 Å². The first kappa shape index (κ1) is 8.60. The van der Waals surface area contributed by atoms with E-state index in [0.29, 0.717) is 0 Å². The van der Waals surface area contributed by atoms with Crippen molar-refractivity contribution in [2.75, 3.05) is 0 Å². The maximum Gasteiger partial charge on any atom is 0.0496 e. The summed E-state index contributed by atoms with van der Waals surface area (Å²) in [4.78, 5) is 1.07. The molecule has 0 aliphatic carbocycles. The van der Waals surface area contributed by atoms with E-state index >= 15 is 0 Å². The molecule has 2 rings (SSSR count). The van der Waals surface area contributed by atoms with Gasteiger partial charge in [0.05, 0.1) is 0 Å². The van der Waals surface area contributed by atoms with Gasteiger partial charge in [-0.05, 0) is 40.5 Å². The maximum absolute atomic E-state index is 4.39. The fourth-order valence-electron chi connectivity index (χ4n) is 1.22. The van der Waals surface area contributed by atoms with Crippen molar-refractivity contribution in [3.63, 3.8) is 0 Å². The minimum absolute atomic E-state index is 1.07. The number of halogens is 1. The summed E-state index contributed by atoms with van der Waals surface area (Å²) in [6.45, 7) is 2.09. The summed E-state index contributed by atoms with van der Waals surface area (Å²) >= 11 is 9.65. The number of hydrogen-bond donors (Lipinski definition) is 1. The Morgan fingerprint density at radius 2 is 2.17 bits per heavy atom. The van der Waals surface area contributed by atoms with E-state index in [9.17, 15) is 0 Å². The van der Waals surface area contributed by atoms with Gasteiger partial charge in [0.15, 0.2) is 0 Å². The molecule has 0 atom stereocenters. The number of fused-ring (bicyclic) bond motifs is 1. The lowest BCUT2D eigenvalue weighted by atomic mass is 10.2. The minimum atomic E-state index is 1.07. The SMILES string of the molecule is Cc1cc(Br)c2scc(S)c2c1. The van der Waals surface area contributed by atoms with Crippen molar-refractivity contribution in [3.05, 3.63) is 27.5 Å². The monoisotopic (exact) mass is 258 g/mol. The number of benzene rings is 1. The smallest absolute Gasteiger partial charge is 0.0496 e. The topological polar surface area (TPSA) is 0 Å². The average Bonchev–Trinajstić information content (AvgIpc) is 2.33. The van der Waals surface area contributed by atoms with Crippen LogP contribution in [0.15, 0.2) is 26.9 Å². The van der Waals surface area contributed by atoms with Crippen molar-refractivity contribution < 1.29 is 0 Å². The van der Waals surface area contributed by atoms with Crippen LogP contribution in [0.1, 0.15) is 5.56 Å². The summed E-state index contributed by atoms with van der Waals surface area (Å²) in [6.07, 6.45) is 0. The minimum Gasteiger partial charge on any atom is -0.142 e. The molecule has 1 aromatic carbocycles. The Morgan fingerprint density at radius 1 is 1.42 bits per heavy atom. The van der Waals surface area contributed by atoms with Crippen LogP contribution in [0.25, 0.3) is 10.1 Å². The molecule has 0 bridgehead atoms. The van der Waals surface area contributed by atoms with Crippen molar-refractivity contribution in [1.29, 1.82) is 0 Å². The van der Waals surface area contributed by atoms with Gasteiger partial charge in [-0.25, -0.2) is 0 Å². The Kier molecular flexibility index (Phi) is 2.19. The molecule has 0 aliphatic heterocycles. The van der Waals surface area contributed by atoms with Gasteiger partial charge in [-0.3, -0.25) is 0 Å². The first-order valence-electron chi connectivity index (χ1n) is 3.55. The highest BCUT2D eigenvalue weighted by molar-refractivity contribution is 9.10. The lowest BCUT2D eigenvalue weighted by Crippen LogP contribution is -1.72. The molecule has 0 unspecified atom stereocenters. The summed E-state index contributed by atoms with van der Waals surface area (Å²) in [5.74, 6) is 0. The normalized spacial score (nSPS) is 10.9. The van der Waals surface area contributed by atoms with Crippen LogP contribution in [0, 0.1) is 6.92 Å². The number of aryl methyl sites for hydroxylation is 1. The highest BCUT2D eigenvalue weighted by atomic mass is 79.9. The van der Waals surface area contributed by atoms with Crippen molar-refractivity contribution >= 4 is 50.0 Å². The lowest BCUT2D eigenvalue weighted by molar-refractivity contribution is 1.48. The second kappa shape index (κ2) is 3.05. The molecule has 0 aliphatic rings. The second-order valence-electron chi connectivity index (χ2n) is 2.74. The number of thiol groups is 1. The second-order valence-corrected chi connectivity index (χ2v) is 4.96. The molecule has 2 aromatic rings. The molecule has 62 valence electrons. The van der Waals surface area contributed by atoms with E-state index in [1.165, 1.54) is 20.1 Å². The third-order valence-electron chi connectivity index (χ3n) is 1.75. The summed E-state index contributed by atoms with van der Waals surface area (Å²) in [6, 6.07) is 4.30. The first-order valence-corrected chi connectivity index (χ1v) is 5.67. The molecule has 0 nitrogen and oxygen atoms in total. The fourth-order valence-corrected chi connectivity index (χ4v) is 3.31. The Labute approximate surface area is 89.1 Å². The highest BCUT2D eigenvalue weighted by Crippen LogP contribution is 2.34. The van der Waals surface area contributed by atoms with Gasteiger partial charge in [-0.2, -0.15) is 0 Å². The van der Waals surface area contributed by atoms with Gasteiger partial charge < -0.3 is 0 Å². The van der Waals surface area contributed by atoms with Gasteiger partial charge in [0.25, 0.3) is 0 Å². The third-order valence-corrected chi connectivity index (χ3v) is 4.21. The predicted octanol–water partition coefficient (Wildman–Crippen LogP) is 4.26. The Morgan fingerprint density at radius 3 is 2.92 bits per heavy atom. The van der Waals surface area contributed by atoms with Crippen LogP contribution in [0.3, 0.4) is 0 Å². The van der Waals surface area contributed by atoms with Crippen molar-refractivity contribution in [1.82, 2.24) is 0 Å². The van der Waals surface area contributed by atoms with Crippen LogP contribution in [0.2, 0.25) is 0 Å². The molecule has 0 saturated carbocycles. The lowest BCUT2D eigenvalue weighted by Gasteiger charge is -1.97. The van der Waals surface area contributed by atoms with E-state index in [-0.39, 0.29) is 0 Å². The number of thiophene rings is 1. The molecule has 0 saturated heterocycles. The van der Waals surface area contributed by atoms with E-state index in [1.54, 1.807) is 11.3 Å². The highest BCUT2D eigenvalue weighted by Gasteiger charge is 2.04. The first-order chi connectivity index (χ1) is 5.68. The van der Waals surface area contributed by atoms with Crippen LogP contribution >= 0.6 is 39.9 Å². The van der Waals surface area contributed by atoms with Gasteiger partial charge in [-0.15, -0.1) is 24.0 Å². The van der Waals surface area contributed by atoms with Crippen molar-refractivity contribution in [3.8, 4) is 0 Å². The molecule has 1 heterocycles. The van der Waals surface area contributed by atoms with E-state index in [4.69, 9.17) is 0 Å². The summed E-state index contributed by atoms with van der Waals surface area (Å²) < 4.78 is 2.45. The molecule has 0 fully saturated rings. The summed E-state index contributed by atoms with van der Waals surface area (Å²) in [5, 5.41) is 3.31. The van der Waals surface area contributed by atoms with E-state index in [2.05, 4.69) is 53.0 Å². The zero-order chi connectivity index (χ0) is 8.72. The van der Waals surface area contributed by atoms with Crippen molar-refractivity contribution in [2.45, 2.75) is 11.8 Å². The van der Waals surface area contributed by atoms with Crippen LogP contribution < -0.4 is 0 Å². The largest absolute Gasteiger partial charge is 0.142 e. The molecule has 0 amide bonds. The maximum atomic E-state index is 4.39. The van der Waals surface area contributed by atoms with Gasteiger partial charge >= 0.3 is 0 Å². The number of hydrogen-bond acceptors (Lipinski definition) is 2. The predicted molar refractivity (Wildman–Crippen MR) is 61.5 cm³/mol. The molecule has 12 heavy (non-hydrogen) atoms. The molecule has 0 radical (unpaired) electrons. The average molecular weight is 259 g/mol. The fraction of sp³-hybridized carbons (Fsp3) is 0.111. The van der Waals surface area contributed by atoms with E-state index < -0.39 is 0 Å². The summed E-state index contributed by atoms with van der Waals surface area (Å²) in [5.41, 5.74) is 1.27. The van der Waals surface area contributed by atoms with Gasteiger partial charge in [0, 0.05) is 24.8 Å². The van der Waals surface area contributed by atoms with Crippen LogP contribution in [-0.4, -0.2) is 0 Å². The van der Waals surface area contributed by atoms with E-state index in [1.807, 2.05) is 0 Å². The van der Waals surface area contributed by atoms with Gasteiger partial charge in [-0.1, -0.05) is 0 Å². The molecule has 0 N–H and O–H groups in total. The molecular formula is C9H7BrS2.